The number of carbonyl (C=O) groups is 3. The third-order valence-corrected chi connectivity index (χ3v) is 4.17. The molecule has 0 radical (unpaired) electrons. The quantitative estimate of drug-likeness (QED) is 0.570. The van der Waals surface area contributed by atoms with E-state index >= 15 is 0 Å². The van der Waals surface area contributed by atoms with Crippen LogP contribution in [0.1, 0.15) is 20.8 Å². The predicted molar refractivity (Wildman–Crippen MR) is 95.5 cm³/mol. The summed E-state index contributed by atoms with van der Waals surface area (Å²) in [6.07, 6.45) is -1.07. The molecule has 9 heteroatoms. The van der Waals surface area contributed by atoms with Gasteiger partial charge in [-0.1, -0.05) is 0 Å². The summed E-state index contributed by atoms with van der Waals surface area (Å²) in [7, 11) is 0. The van der Waals surface area contributed by atoms with Gasteiger partial charge in [0.2, 0.25) is 0 Å². The molecule has 3 amide bonds. The highest BCUT2D eigenvalue weighted by atomic mass is 32.2. The molecule has 1 aromatic rings. The van der Waals surface area contributed by atoms with Crippen LogP contribution in [0.25, 0.3) is 0 Å². The maximum Gasteiger partial charge on any atom is 0.321 e. The number of esters is 1. The van der Waals surface area contributed by atoms with Gasteiger partial charge in [-0.25, -0.2) is 4.79 Å². The molecule has 26 heavy (non-hydrogen) atoms. The summed E-state index contributed by atoms with van der Waals surface area (Å²) < 4.78 is 16.0. The number of rotatable bonds is 6. The van der Waals surface area contributed by atoms with Gasteiger partial charge in [-0.15, -0.1) is 11.8 Å². The summed E-state index contributed by atoms with van der Waals surface area (Å²) in [4.78, 5) is 36.0. The van der Waals surface area contributed by atoms with Gasteiger partial charge in [-0.2, -0.15) is 0 Å². The van der Waals surface area contributed by atoms with E-state index in [2.05, 4.69) is 10.6 Å². The number of amides is 3. The molecule has 1 aliphatic heterocycles. The minimum atomic E-state index is -1.07. The molecule has 1 atom stereocenters. The summed E-state index contributed by atoms with van der Waals surface area (Å²) in [5, 5.41) is 4.64. The fourth-order valence-corrected chi connectivity index (χ4v) is 2.76. The highest BCUT2D eigenvalue weighted by molar-refractivity contribution is 8.00. The lowest BCUT2D eigenvalue weighted by atomic mass is 10.3. The van der Waals surface area contributed by atoms with Crippen molar-refractivity contribution >= 4 is 29.7 Å². The summed E-state index contributed by atoms with van der Waals surface area (Å²) in [6, 6.07) is 4.66. The summed E-state index contributed by atoms with van der Waals surface area (Å²) in [5.41, 5.74) is 0. The Hall–Kier alpha value is -2.42. The molecule has 0 fully saturated rings. The Labute approximate surface area is 155 Å². The highest BCUT2D eigenvalue weighted by Gasteiger charge is 2.20. The van der Waals surface area contributed by atoms with Crippen LogP contribution < -0.4 is 20.1 Å². The molecule has 0 bridgehead atoms. The molecular weight excluding hydrogens is 360 g/mol. The van der Waals surface area contributed by atoms with E-state index in [1.54, 1.807) is 26.0 Å². The van der Waals surface area contributed by atoms with Gasteiger partial charge in [0, 0.05) is 10.9 Å². The van der Waals surface area contributed by atoms with E-state index in [0.29, 0.717) is 24.7 Å². The maximum atomic E-state index is 11.9. The molecule has 2 N–H and O–H groups in total. The van der Waals surface area contributed by atoms with Crippen LogP contribution in [0.4, 0.5) is 4.79 Å². The molecule has 0 saturated carbocycles. The molecule has 0 spiro atoms. The second-order valence-electron chi connectivity index (χ2n) is 5.84. The zero-order chi connectivity index (χ0) is 19.1. The number of thioether (sulfide) groups is 1. The van der Waals surface area contributed by atoms with Gasteiger partial charge in [0.15, 0.2) is 17.6 Å². The highest BCUT2D eigenvalue weighted by Crippen LogP contribution is 2.34. The van der Waals surface area contributed by atoms with E-state index in [1.807, 2.05) is 6.07 Å². The van der Waals surface area contributed by atoms with Crippen LogP contribution in [0.2, 0.25) is 0 Å². The van der Waals surface area contributed by atoms with E-state index in [-0.39, 0.29) is 11.8 Å². The Morgan fingerprint density at radius 1 is 1.15 bits per heavy atom. The fraction of sp³-hybridized carbons (Fsp3) is 0.471. The van der Waals surface area contributed by atoms with Crippen molar-refractivity contribution in [3.05, 3.63) is 18.2 Å². The Bertz CT molecular complexity index is 679. The number of fused-ring (bicyclic) bond motifs is 1. The van der Waals surface area contributed by atoms with Gasteiger partial charge < -0.3 is 19.5 Å². The van der Waals surface area contributed by atoms with Crippen LogP contribution >= 0.6 is 11.8 Å². The molecule has 2 rings (SSSR count). The average molecular weight is 382 g/mol. The summed E-state index contributed by atoms with van der Waals surface area (Å²) >= 11 is 1.26. The molecule has 1 heterocycles. The number of imide groups is 1. The summed E-state index contributed by atoms with van der Waals surface area (Å²) in [6.45, 7) is 5.94. The molecule has 1 aliphatic rings. The molecule has 8 nitrogen and oxygen atoms in total. The molecule has 142 valence electrons. The first kappa shape index (κ1) is 19.9. The van der Waals surface area contributed by atoms with Gasteiger partial charge in [0.25, 0.3) is 5.91 Å². The Balaban J connectivity index is 1.77. The SMILES string of the molecule is CC(C)NC(=O)NC(=O)[C@H](C)OC(=O)CSc1ccc2c(c1)OCCO2. The van der Waals surface area contributed by atoms with Crippen molar-refractivity contribution in [2.75, 3.05) is 19.0 Å². The Kier molecular flexibility index (Phi) is 7.14. The predicted octanol–water partition coefficient (Wildman–Crippen LogP) is 1.72. The molecule has 0 aliphatic carbocycles. The summed E-state index contributed by atoms with van der Waals surface area (Å²) in [5.74, 6) is 0.0967. The standard InChI is InChI=1S/C17H22N2O6S/c1-10(2)18-17(22)19-16(21)11(3)25-15(20)9-26-12-4-5-13-14(8-12)24-7-6-23-13/h4-5,8,10-11H,6-7,9H2,1-3H3,(H2,18,19,21,22)/t11-/m0/s1. The van der Waals surface area contributed by atoms with Crippen LogP contribution in [0.3, 0.4) is 0 Å². The van der Waals surface area contributed by atoms with Crippen molar-refractivity contribution < 1.29 is 28.6 Å². The second-order valence-corrected chi connectivity index (χ2v) is 6.89. The van der Waals surface area contributed by atoms with Crippen LogP contribution in [-0.4, -0.2) is 49.0 Å². The molecule has 1 aromatic carbocycles. The lowest BCUT2D eigenvalue weighted by Gasteiger charge is -2.18. The first-order valence-electron chi connectivity index (χ1n) is 8.18. The zero-order valence-corrected chi connectivity index (χ0v) is 15.7. The van der Waals surface area contributed by atoms with Gasteiger partial charge in [-0.3, -0.25) is 14.9 Å². The molecular formula is C17H22N2O6S. The monoisotopic (exact) mass is 382 g/mol. The molecule has 0 saturated heterocycles. The van der Waals surface area contributed by atoms with Crippen molar-refractivity contribution in [3.63, 3.8) is 0 Å². The zero-order valence-electron chi connectivity index (χ0n) is 14.9. The number of hydrogen-bond donors (Lipinski definition) is 2. The fourth-order valence-electron chi connectivity index (χ4n) is 2.05. The van der Waals surface area contributed by atoms with E-state index in [9.17, 15) is 14.4 Å². The number of ether oxygens (including phenoxy) is 3. The Morgan fingerprint density at radius 2 is 1.85 bits per heavy atom. The number of benzene rings is 1. The smallest absolute Gasteiger partial charge is 0.321 e. The van der Waals surface area contributed by atoms with Crippen molar-refractivity contribution in [1.29, 1.82) is 0 Å². The Morgan fingerprint density at radius 3 is 2.54 bits per heavy atom. The number of nitrogens with one attached hydrogen (secondary N) is 2. The van der Waals surface area contributed by atoms with Crippen molar-refractivity contribution in [2.45, 2.75) is 37.8 Å². The maximum absolute atomic E-state index is 11.9. The topological polar surface area (TPSA) is 103 Å². The lowest BCUT2D eigenvalue weighted by Crippen LogP contribution is -2.46. The minimum absolute atomic E-state index is 0.0233. The van der Waals surface area contributed by atoms with Crippen LogP contribution in [-0.2, 0) is 14.3 Å². The van der Waals surface area contributed by atoms with Crippen molar-refractivity contribution in [2.24, 2.45) is 0 Å². The van der Waals surface area contributed by atoms with Crippen molar-refractivity contribution in [3.8, 4) is 11.5 Å². The van der Waals surface area contributed by atoms with Crippen LogP contribution in [0.15, 0.2) is 23.1 Å². The number of hydrogen-bond acceptors (Lipinski definition) is 7. The number of carbonyl (C=O) groups excluding carboxylic acids is 3. The lowest BCUT2D eigenvalue weighted by molar-refractivity contribution is -0.151. The van der Waals surface area contributed by atoms with Gasteiger partial charge >= 0.3 is 12.0 Å². The van der Waals surface area contributed by atoms with Gasteiger partial charge in [-0.05, 0) is 39.0 Å². The molecule has 0 unspecified atom stereocenters. The third kappa shape index (κ3) is 6.14. The van der Waals surface area contributed by atoms with E-state index in [4.69, 9.17) is 14.2 Å². The third-order valence-electron chi connectivity index (χ3n) is 3.20. The second kappa shape index (κ2) is 9.33. The van der Waals surface area contributed by atoms with Gasteiger partial charge in [0.1, 0.15) is 13.2 Å². The van der Waals surface area contributed by atoms with E-state index in [0.717, 1.165) is 4.90 Å². The van der Waals surface area contributed by atoms with Crippen LogP contribution in [0.5, 0.6) is 11.5 Å². The first-order valence-corrected chi connectivity index (χ1v) is 9.17. The average Bonchev–Trinajstić information content (AvgIpc) is 2.58. The number of urea groups is 1. The molecule has 0 aromatic heterocycles. The largest absolute Gasteiger partial charge is 0.486 e. The van der Waals surface area contributed by atoms with E-state index < -0.39 is 24.0 Å². The van der Waals surface area contributed by atoms with Crippen molar-refractivity contribution in [1.82, 2.24) is 10.6 Å². The van der Waals surface area contributed by atoms with Crippen LogP contribution in [0, 0.1) is 0 Å². The van der Waals surface area contributed by atoms with Gasteiger partial charge in [0.05, 0.1) is 5.75 Å². The van der Waals surface area contributed by atoms with E-state index in [1.165, 1.54) is 18.7 Å². The minimum Gasteiger partial charge on any atom is -0.486 e. The first-order chi connectivity index (χ1) is 12.3. The normalized spacial score (nSPS) is 13.7.